The number of hydrogen-bond acceptors (Lipinski definition) is 2. The van der Waals surface area contributed by atoms with Gasteiger partial charge in [0.25, 0.3) is 0 Å². The largest absolute Gasteiger partial charge is 0.382 e. The molecule has 3 nitrogen and oxygen atoms in total. The van der Waals surface area contributed by atoms with Crippen LogP contribution in [0.3, 0.4) is 0 Å². The predicted molar refractivity (Wildman–Crippen MR) is 67.6 cm³/mol. The normalized spacial score (nSPS) is 16.1. The molecule has 0 amide bonds. The first-order chi connectivity index (χ1) is 7.97. The maximum Gasteiger partial charge on any atom is 0.164 e. The van der Waals surface area contributed by atoms with Crippen molar-refractivity contribution in [2.24, 2.45) is 0 Å². The number of hydrogen-bond donors (Lipinski definition) is 0. The van der Waals surface area contributed by atoms with Crippen LogP contribution in [0, 0.1) is 6.92 Å². The van der Waals surface area contributed by atoms with Crippen LogP contribution in [0.15, 0.2) is 6.07 Å². The fourth-order valence-corrected chi connectivity index (χ4v) is 2.99. The molecule has 1 aromatic rings. The van der Waals surface area contributed by atoms with Gasteiger partial charge in [0.05, 0.1) is 12.1 Å². The topological polar surface area (TPSA) is 31.2 Å². The Bertz CT molecular complexity index is 443. The monoisotopic (exact) mass is 235 g/mol. The first-order valence-electron chi connectivity index (χ1n) is 6.21. The number of aromatic nitrogens is 1. The van der Waals surface area contributed by atoms with Crippen LogP contribution in [-0.4, -0.2) is 24.1 Å². The van der Waals surface area contributed by atoms with Crippen LogP contribution in [0.5, 0.6) is 0 Å². The van der Waals surface area contributed by atoms with E-state index in [2.05, 4.69) is 25.3 Å². The maximum atomic E-state index is 11.9. The SMILES string of the molecule is COCC(C)(C)n1c(C)cc2c1CCCC2=O. The Morgan fingerprint density at radius 2 is 2.12 bits per heavy atom. The van der Waals surface area contributed by atoms with E-state index in [9.17, 15) is 4.79 Å². The number of rotatable bonds is 3. The molecule has 3 heteroatoms. The molecule has 0 aromatic carbocycles. The summed E-state index contributed by atoms with van der Waals surface area (Å²) in [5.74, 6) is 0.293. The van der Waals surface area contributed by atoms with E-state index in [0.717, 1.165) is 24.1 Å². The minimum Gasteiger partial charge on any atom is -0.382 e. The molecule has 0 spiro atoms. The van der Waals surface area contributed by atoms with Gasteiger partial charge in [-0.25, -0.2) is 0 Å². The van der Waals surface area contributed by atoms with Crippen LogP contribution >= 0.6 is 0 Å². The number of ketones is 1. The van der Waals surface area contributed by atoms with Gasteiger partial charge in [0.1, 0.15) is 0 Å². The first-order valence-corrected chi connectivity index (χ1v) is 6.21. The van der Waals surface area contributed by atoms with Crippen LogP contribution in [0.25, 0.3) is 0 Å². The number of carbonyl (C=O) groups excluding carboxylic acids is 1. The molecule has 0 N–H and O–H groups in total. The molecule has 0 aliphatic heterocycles. The average Bonchev–Trinajstić information content (AvgIpc) is 2.56. The summed E-state index contributed by atoms with van der Waals surface area (Å²) in [5, 5.41) is 0. The van der Waals surface area contributed by atoms with Gasteiger partial charge >= 0.3 is 0 Å². The van der Waals surface area contributed by atoms with Gasteiger partial charge in [-0.05, 0) is 39.7 Å². The Kier molecular flexibility index (Phi) is 3.13. The third-order valence-corrected chi connectivity index (χ3v) is 3.51. The zero-order valence-corrected chi connectivity index (χ0v) is 11.2. The van der Waals surface area contributed by atoms with Crippen LogP contribution < -0.4 is 0 Å². The summed E-state index contributed by atoms with van der Waals surface area (Å²) in [6, 6.07) is 2.04. The quantitative estimate of drug-likeness (QED) is 0.806. The Balaban J connectivity index is 2.51. The Hall–Kier alpha value is -1.09. The van der Waals surface area contributed by atoms with Gasteiger partial charge < -0.3 is 9.30 Å². The molecular formula is C14H21NO2. The van der Waals surface area contributed by atoms with E-state index in [1.165, 1.54) is 5.69 Å². The third-order valence-electron chi connectivity index (χ3n) is 3.51. The maximum absolute atomic E-state index is 11.9. The molecule has 94 valence electrons. The molecule has 1 aromatic heterocycles. The van der Waals surface area contributed by atoms with E-state index >= 15 is 0 Å². The second-order valence-electron chi connectivity index (χ2n) is 5.50. The van der Waals surface area contributed by atoms with E-state index < -0.39 is 0 Å². The summed E-state index contributed by atoms with van der Waals surface area (Å²) >= 11 is 0. The lowest BCUT2D eigenvalue weighted by atomic mass is 9.95. The fraction of sp³-hybridized carbons (Fsp3) is 0.643. The third kappa shape index (κ3) is 2.04. The minimum absolute atomic E-state index is 0.0932. The molecule has 17 heavy (non-hydrogen) atoms. The summed E-state index contributed by atoms with van der Waals surface area (Å²) in [6.45, 7) is 7.04. The second-order valence-corrected chi connectivity index (χ2v) is 5.50. The second kappa shape index (κ2) is 4.30. The van der Waals surface area contributed by atoms with Crippen LogP contribution in [-0.2, 0) is 16.7 Å². The van der Waals surface area contributed by atoms with Gasteiger partial charge in [-0.2, -0.15) is 0 Å². The van der Waals surface area contributed by atoms with E-state index in [1.807, 2.05) is 6.07 Å². The average molecular weight is 235 g/mol. The van der Waals surface area contributed by atoms with Crippen molar-refractivity contribution in [2.75, 3.05) is 13.7 Å². The lowest BCUT2D eigenvalue weighted by Crippen LogP contribution is -2.34. The number of ether oxygens (including phenoxy) is 1. The summed E-state index contributed by atoms with van der Waals surface area (Å²) in [6.07, 6.45) is 2.67. The zero-order valence-electron chi connectivity index (χ0n) is 11.2. The molecular weight excluding hydrogens is 214 g/mol. The van der Waals surface area contributed by atoms with E-state index in [0.29, 0.717) is 18.8 Å². The summed E-state index contributed by atoms with van der Waals surface area (Å²) in [4.78, 5) is 11.9. The van der Waals surface area contributed by atoms with Gasteiger partial charge in [0.2, 0.25) is 0 Å². The van der Waals surface area contributed by atoms with Gasteiger partial charge in [-0.3, -0.25) is 4.79 Å². The molecule has 0 unspecified atom stereocenters. The molecule has 0 saturated heterocycles. The molecule has 1 heterocycles. The predicted octanol–water partition coefficient (Wildman–Crippen LogP) is 2.70. The van der Waals surface area contributed by atoms with Gasteiger partial charge in [0, 0.05) is 30.5 Å². The number of aryl methyl sites for hydroxylation is 1. The van der Waals surface area contributed by atoms with Crippen LogP contribution in [0.4, 0.5) is 0 Å². The molecule has 0 bridgehead atoms. The van der Waals surface area contributed by atoms with Crippen molar-refractivity contribution in [1.82, 2.24) is 4.57 Å². The molecule has 0 fully saturated rings. The van der Waals surface area contributed by atoms with E-state index in [4.69, 9.17) is 4.74 Å². The highest BCUT2D eigenvalue weighted by molar-refractivity contribution is 5.98. The van der Waals surface area contributed by atoms with Gasteiger partial charge in [-0.15, -0.1) is 0 Å². The molecule has 0 atom stereocenters. The number of carbonyl (C=O) groups is 1. The molecule has 0 radical (unpaired) electrons. The summed E-state index contributed by atoms with van der Waals surface area (Å²) in [7, 11) is 1.72. The Morgan fingerprint density at radius 1 is 1.41 bits per heavy atom. The first kappa shape index (κ1) is 12.4. The highest BCUT2D eigenvalue weighted by Crippen LogP contribution is 2.30. The lowest BCUT2D eigenvalue weighted by Gasteiger charge is -2.31. The van der Waals surface area contributed by atoms with Crippen molar-refractivity contribution in [3.8, 4) is 0 Å². The van der Waals surface area contributed by atoms with Crippen molar-refractivity contribution < 1.29 is 9.53 Å². The van der Waals surface area contributed by atoms with Crippen molar-refractivity contribution in [2.45, 2.75) is 45.6 Å². The number of methoxy groups -OCH3 is 1. The van der Waals surface area contributed by atoms with Crippen molar-refractivity contribution in [3.05, 3.63) is 23.0 Å². The van der Waals surface area contributed by atoms with Gasteiger partial charge in [-0.1, -0.05) is 0 Å². The van der Waals surface area contributed by atoms with Crippen LogP contribution in [0.2, 0.25) is 0 Å². The number of nitrogens with zero attached hydrogens (tertiary/aromatic N) is 1. The molecule has 2 rings (SSSR count). The highest BCUT2D eigenvalue weighted by atomic mass is 16.5. The smallest absolute Gasteiger partial charge is 0.164 e. The zero-order chi connectivity index (χ0) is 12.6. The molecule has 1 aliphatic carbocycles. The van der Waals surface area contributed by atoms with Crippen molar-refractivity contribution in [3.63, 3.8) is 0 Å². The lowest BCUT2D eigenvalue weighted by molar-refractivity contribution is 0.0959. The number of Topliss-reactive ketones (excluding diaryl/α,β-unsaturated/α-hetero) is 1. The summed E-state index contributed by atoms with van der Waals surface area (Å²) < 4.78 is 7.58. The van der Waals surface area contributed by atoms with Crippen molar-refractivity contribution in [1.29, 1.82) is 0 Å². The standard InChI is InChI=1S/C14H21NO2/c1-10-8-11-12(6-5-7-13(11)16)15(10)14(2,3)9-17-4/h8H,5-7,9H2,1-4H3. The van der Waals surface area contributed by atoms with Gasteiger partial charge in [0.15, 0.2) is 5.78 Å². The summed E-state index contributed by atoms with van der Waals surface area (Å²) in [5.41, 5.74) is 3.19. The number of fused-ring (bicyclic) bond motifs is 1. The molecule has 1 aliphatic rings. The van der Waals surface area contributed by atoms with Crippen molar-refractivity contribution >= 4 is 5.78 Å². The van der Waals surface area contributed by atoms with E-state index in [1.54, 1.807) is 7.11 Å². The minimum atomic E-state index is -0.0932. The molecule has 0 saturated carbocycles. The Labute approximate surface area is 103 Å². The van der Waals surface area contributed by atoms with Crippen LogP contribution in [0.1, 0.15) is 48.4 Å². The van der Waals surface area contributed by atoms with E-state index in [-0.39, 0.29) is 5.54 Å². The Morgan fingerprint density at radius 3 is 2.76 bits per heavy atom. The highest BCUT2D eigenvalue weighted by Gasteiger charge is 2.29. The fourth-order valence-electron chi connectivity index (χ4n) is 2.99.